The van der Waals surface area contributed by atoms with E-state index in [2.05, 4.69) is 41.5 Å². The molecule has 0 aliphatic heterocycles. The van der Waals surface area contributed by atoms with Crippen molar-refractivity contribution in [2.45, 2.75) is 407 Å². The van der Waals surface area contributed by atoms with Crippen molar-refractivity contribution in [3.05, 3.63) is 0 Å². The monoisotopic (exact) mass is 1380 g/mol. The Hall–Kier alpha value is -1.94. The Balaban J connectivity index is 5.28. The Morgan fingerprint density at radius 1 is 0.298 bits per heavy atom. The second-order valence-corrected chi connectivity index (χ2v) is 30.4. The van der Waals surface area contributed by atoms with E-state index >= 15 is 0 Å². The summed E-state index contributed by atoms with van der Waals surface area (Å²) in [5, 5.41) is 10.6. The zero-order chi connectivity index (χ0) is 69.3. The van der Waals surface area contributed by atoms with Crippen LogP contribution in [0.2, 0.25) is 0 Å². The van der Waals surface area contributed by atoms with Gasteiger partial charge in [0, 0.05) is 25.7 Å². The highest BCUT2D eigenvalue weighted by Crippen LogP contribution is 2.45. The van der Waals surface area contributed by atoms with Gasteiger partial charge < -0.3 is 33.8 Å². The van der Waals surface area contributed by atoms with Crippen LogP contribution < -0.4 is 0 Å². The highest BCUT2D eigenvalue weighted by atomic mass is 31.2. The number of esters is 4. The Morgan fingerprint density at radius 3 is 0.755 bits per heavy atom. The van der Waals surface area contributed by atoms with Crippen LogP contribution in [0.1, 0.15) is 388 Å². The van der Waals surface area contributed by atoms with Crippen molar-refractivity contribution in [3.63, 3.8) is 0 Å². The molecule has 3 N–H and O–H groups in total. The number of hydrogen-bond acceptors (Lipinski definition) is 15. The van der Waals surface area contributed by atoms with Crippen LogP contribution in [0.3, 0.4) is 0 Å². The minimum atomic E-state index is -4.96. The third-order valence-corrected chi connectivity index (χ3v) is 20.1. The Labute approximate surface area is 575 Å². The van der Waals surface area contributed by atoms with Gasteiger partial charge in [0.15, 0.2) is 12.2 Å². The first kappa shape index (κ1) is 92.1. The summed E-state index contributed by atoms with van der Waals surface area (Å²) in [7, 11) is -9.91. The molecule has 0 aromatic carbocycles. The quantitative estimate of drug-likeness (QED) is 0.0222. The summed E-state index contributed by atoms with van der Waals surface area (Å²) in [5.41, 5.74) is 0. The third-order valence-electron chi connectivity index (χ3n) is 18.2. The van der Waals surface area contributed by atoms with Crippen LogP contribution in [0.4, 0.5) is 0 Å². The lowest BCUT2D eigenvalue weighted by Gasteiger charge is -2.21. The van der Waals surface area contributed by atoms with Gasteiger partial charge in [0.05, 0.1) is 26.4 Å². The van der Waals surface area contributed by atoms with Gasteiger partial charge in [0.2, 0.25) is 0 Å². The van der Waals surface area contributed by atoms with Gasteiger partial charge >= 0.3 is 39.5 Å². The zero-order valence-corrected chi connectivity index (χ0v) is 63.1. The van der Waals surface area contributed by atoms with Crippen molar-refractivity contribution >= 4 is 39.5 Å². The number of aliphatic hydroxyl groups excluding tert-OH is 1. The summed E-state index contributed by atoms with van der Waals surface area (Å²) >= 11 is 0. The fourth-order valence-corrected chi connectivity index (χ4v) is 13.0. The molecule has 0 heterocycles. The van der Waals surface area contributed by atoms with Crippen LogP contribution in [0.25, 0.3) is 0 Å². The largest absolute Gasteiger partial charge is 0.472 e. The standard InChI is InChI=1S/C75H146O17P2/c1-7-11-13-15-17-19-21-23-25-33-39-45-51-57-72(77)85-63-70(91-74(79)59-53-47-41-35-26-24-22-20-18-16-14-12-8-2)65-89-93(81,82)87-61-69(76)62-88-94(83,84)90-66-71(92-75(80)60-54-48-42-36-30-28-32-38-44-50-56-68(6)10-4)64-86-73(78)58-52-46-40-34-29-27-31-37-43-49-55-67(5)9-3/h67-71,76H,7-66H2,1-6H3,(H,81,82)(H,83,84)/t67?,68?,69-,70+,71+/m0/s1. The predicted octanol–water partition coefficient (Wildman–Crippen LogP) is 21.9. The zero-order valence-electron chi connectivity index (χ0n) is 61.3. The molecule has 7 atom stereocenters. The van der Waals surface area contributed by atoms with E-state index in [0.29, 0.717) is 25.7 Å². The van der Waals surface area contributed by atoms with Gasteiger partial charge in [0.1, 0.15) is 19.3 Å². The molecule has 0 bridgehead atoms. The average Bonchev–Trinajstić information content (AvgIpc) is 2.11. The Bertz CT molecular complexity index is 1820. The van der Waals surface area contributed by atoms with Crippen LogP contribution >= 0.6 is 15.6 Å². The Morgan fingerprint density at radius 2 is 0.511 bits per heavy atom. The summed E-state index contributed by atoms with van der Waals surface area (Å²) in [6, 6.07) is 0. The molecule has 19 heteroatoms. The average molecular weight is 1380 g/mol. The van der Waals surface area contributed by atoms with Crippen molar-refractivity contribution in [1.29, 1.82) is 0 Å². The lowest BCUT2D eigenvalue weighted by molar-refractivity contribution is -0.161. The van der Waals surface area contributed by atoms with E-state index in [0.717, 1.165) is 102 Å². The molecule has 0 aromatic rings. The van der Waals surface area contributed by atoms with Crippen molar-refractivity contribution in [3.8, 4) is 0 Å². The van der Waals surface area contributed by atoms with Crippen molar-refractivity contribution in [2.75, 3.05) is 39.6 Å². The van der Waals surface area contributed by atoms with Crippen LogP contribution in [0.15, 0.2) is 0 Å². The van der Waals surface area contributed by atoms with Gasteiger partial charge in [-0.05, 0) is 37.5 Å². The summed E-state index contributed by atoms with van der Waals surface area (Å²) in [5.74, 6) is -0.501. The van der Waals surface area contributed by atoms with Crippen LogP contribution in [-0.2, 0) is 65.4 Å². The molecule has 0 aliphatic rings. The van der Waals surface area contributed by atoms with Gasteiger partial charge in [-0.15, -0.1) is 0 Å². The highest BCUT2D eigenvalue weighted by molar-refractivity contribution is 7.47. The smallest absolute Gasteiger partial charge is 0.462 e. The van der Waals surface area contributed by atoms with Crippen molar-refractivity contribution < 1.29 is 80.2 Å². The molecule has 94 heavy (non-hydrogen) atoms. The van der Waals surface area contributed by atoms with E-state index in [9.17, 15) is 43.2 Å². The van der Waals surface area contributed by atoms with Crippen LogP contribution in [0.5, 0.6) is 0 Å². The molecule has 558 valence electrons. The summed E-state index contributed by atoms with van der Waals surface area (Å²) in [6.45, 7) is 9.65. The van der Waals surface area contributed by atoms with E-state index in [1.54, 1.807) is 0 Å². The fraction of sp³-hybridized carbons (Fsp3) is 0.947. The number of aliphatic hydroxyl groups is 1. The summed E-state index contributed by atoms with van der Waals surface area (Å²) in [4.78, 5) is 72.8. The summed E-state index contributed by atoms with van der Waals surface area (Å²) in [6.07, 6.45) is 53.7. The number of carbonyl (C=O) groups excluding carboxylic acids is 4. The number of hydrogen-bond donors (Lipinski definition) is 3. The van der Waals surface area contributed by atoms with E-state index in [1.807, 2.05) is 0 Å². The maximum Gasteiger partial charge on any atom is 0.472 e. The fourth-order valence-electron chi connectivity index (χ4n) is 11.4. The second-order valence-electron chi connectivity index (χ2n) is 27.5. The minimum absolute atomic E-state index is 0.106. The molecule has 0 fully saturated rings. The maximum absolute atomic E-state index is 13.1. The maximum atomic E-state index is 13.1. The van der Waals surface area contributed by atoms with Crippen molar-refractivity contribution in [2.24, 2.45) is 11.8 Å². The molecule has 0 aromatic heterocycles. The lowest BCUT2D eigenvalue weighted by atomic mass is 9.99. The predicted molar refractivity (Wildman–Crippen MR) is 381 cm³/mol. The van der Waals surface area contributed by atoms with E-state index in [-0.39, 0.29) is 25.7 Å². The molecule has 17 nitrogen and oxygen atoms in total. The van der Waals surface area contributed by atoms with Crippen LogP contribution in [-0.4, -0.2) is 96.7 Å². The van der Waals surface area contributed by atoms with Gasteiger partial charge in [0.25, 0.3) is 0 Å². The molecule has 0 spiro atoms. The molecule has 0 amide bonds. The molecule has 0 saturated carbocycles. The third kappa shape index (κ3) is 66.0. The molecule has 0 aliphatic carbocycles. The SMILES string of the molecule is CCCCCCCCCCCCCCCC(=O)OC[C@H](COP(=O)(O)OC[C@H](O)COP(=O)(O)OC[C@@H](COC(=O)CCCCCCCCCCCCC(C)CC)OC(=O)CCCCCCCCCCCCC(C)CC)OC(=O)CCCCCCCCCCCCCCC. The second kappa shape index (κ2) is 66.9. The van der Waals surface area contributed by atoms with Crippen LogP contribution in [0, 0.1) is 11.8 Å². The molecule has 0 radical (unpaired) electrons. The van der Waals surface area contributed by atoms with Gasteiger partial charge in [-0.3, -0.25) is 37.3 Å². The minimum Gasteiger partial charge on any atom is -0.462 e. The Kier molecular flexibility index (Phi) is 65.5. The number of carbonyl (C=O) groups is 4. The molecule has 0 rings (SSSR count). The normalized spacial score (nSPS) is 14.6. The molecule has 0 saturated heterocycles. The number of phosphoric ester groups is 2. The first-order valence-electron chi connectivity index (χ1n) is 39.1. The van der Waals surface area contributed by atoms with E-state index in [1.165, 1.54) is 205 Å². The molecular formula is C75H146O17P2. The highest BCUT2D eigenvalue weighted by Gasteiger charge is 2.30. The molecular weight excluding hydrogens is 1230 g/mol. The number of ether oxygens (including phenoxy) is 4. The van der Waals surface area contributed by atoms with Gasteiger partial charge in [-0.2, -0.15) is 0 Å². The molecule has 4 unspecified atom stereocenters. The summed E-state index contributed by atoms with van der Waals surface area (Å²) < 4.78 is 68.5. The number of phosphoric acid groups is 2. The lowest BCUT2D eigenvalue weighted by Crippen LogP contribution is -2.30. The van der Waals surface area contributed by atoms with Gasteiger partial charge in [-0.1, -0.05) is 337 Å². The van der Waals surface area contributed by atoms with E-state index in [4.69, 9.17) is 37.0 Å². The number of rotatable bonds is 74. The van der Waals surface area contributed by atoms with E-state index < -0.39 is 97.5 Å². The van der Waals surface area contributed by atoms with Crippen molar-refractivity contribution in [1.82, 2.24) is 0 Å². The van der Waals surface area contributed by atoms with Gasteiger partial charge in [-0.25, -0.2) is 9.13 Å². The first-order valence-corrected chi connectivity index (χ1v) is 42.1. The topological polar surface area (TPSA) is 237 Å². The first-order chi connectivity index (χ1) is 45.4. The number of unbranched alkanes of at least 4 members (excludes halogenated alkanes) is 42.